The molecule has 0 bridgehead atoms. The molecule has 23 heavy (non-hydrogen) atoms. The number of nitro benzene ring substituents is 1. The van der Waals surface area contributed by atoms with Gasteiger partial charge in [-0.2, -0.15) is 0 Å². The van der Waals surface area contributed by atoms with E-state index in [1.54, 1.807) is 0 Å². The normalized spacial score (nSPS) is 17.8. The molecule has 124 valence electrons. The molecule has 1 fully saturated rings. The second-order valence-corrected chi connectivity index (χ2v) is 5.99. The van der Waals surface area contributed by atoms with Crippen LogP contribution in [0.1, 0.15) is 36.0 Å². The van der Waals surface area contributed by atoms with Crippen LogP contribution in [0.2, 0.25) is 5.02 Å². The van der Waals surface area contributed by atoms with E-state index >= 15 is 0 Å². The zero-order chi connectivity index (χ0) is 17.0. The fourth-order valence-corrected chi connectivity index (χ4v) is 3.10. The Morgan fingerprint density at radius 3 is 2.83 bits per heavy atom. The van der Waals surface area contributed by atoms with Gasteiger partial charge in [0.15, 0.2) is 0 Å². The molecule has 0 aromatic heterocycles. The molecule has 1 amide bonds. The summed E-state index contributed by atoms with van der Waals surface area (Å²) in [6, 6.07) is 4.14. The van der Waals surface area contributed by atoms with Gasteiger partial charge in [0.25, 0.3) is 11.6 Å². The van der Waals surface area contributed by atoms with Crippen LogP contribution < -0.4 is 0 Å². The number of aliphatic carboxylic acids is 1. The van der Waals surface area contributed by atoms with Crippen molar-refractivity contribution in [2.24, 2.45) is 5.92 Å². The van der Waals surface area contributed by atoms with Crippen LogP contribution in [-0.2, 0) is 4.79 Å². The van der Waals surface area contributed by atoms with Crippen LogP contribution in [0.4, 0.5) is 5.69 Å². The minimum atomic E-state index is -0.866. The van der Waals surface area contributed by atoms with Crippen molar-refractivity contribution in [1.82, 2.24) is 4.90 Å². The van der Waals surface area contributed by atoms with Crippen molar-refractivity contribution in [3.63, 3.8) is 0 Å². The third-order valence-corrected chi connectivity index (χ3v) is 4.29. The Morgan fingerprint density at radius 2 is 2.17 bits per heavy atom. The maximum atomic E-state index is 12.7. The Balaban J connectivity index is 2.17. The van der Waals surface area contributed by atoms with Crippen molar-refractivity contribution in [3.05, 3.63) is 38.9 Å². The third kappa shape index (κ3) is 4.19. The van der Waals surface area contributed by atoms with Gasteiger partial charge in [-0.05, 0) is 31.2 Å². The lowest BCUT2D eigenvalue weighted by Crippen LogP contribution is -2.40. The van der Waals surface area contributed by atoms with E-state index in [0.29, 0.717) is 19.5 Å². The Bertz CT molecular complexity index is 634. The molecule has 1 aliphatic rings. The minimum Gasteiger partial charge on any atom is -0.481 e. The number of carbonyl (C=O) groups excluding carboxylic acids is 1. The van der Waals surface area contributed by atoms with Crippen LogP contribution in [0.25, 0.3) is 0 Å². The molecule has 8 heteroatoms. The molecule has 1 aromatic carbocycles. The quantitative estimate of drug-likeness (QED) is 0.656. The third-order valence-electron chi connectivity index (χ3n) is 3.97. The summed E-state index contributed by atoms with van der Waals surface area (Å²) in [6.07, 6.45) is 2.14. The summed E-state index contributed by atoms with van der Waals surface area (Å²) < 4.78 is 0. The Morgan fingerprint density at radius 1 is 1.43 bits per heavy atom. The van der Waals surface area contributed by atoms with Crippen molar-refractivity contribution in [2.75, 3.05) is 13.1 Å². The second kappa shape index (κ2) is 7.41. The van der Waals surface area contributed by atoms with Crippen LogP contribution in [0.5, 0.6) is 0 Å². The first-order valence-electron chi connectivity index (χ1n) is 7.34. The molecular weight excluding hydrogens is 324 g/mol. The number of rotatable bonds is 5. The SMILES string of the molecule is O=C(O)CCC1CCCN(C(=O)c2c(Cl)cccc2[N+](=O)[O-])C1. The number of carbonyl (C=O) groups is 2. The van der Waals surface area contributed by atoms with Gasteiger partial charge in [0, 0.05) is 25.6 Å². The Hall–Kier alpha value is -2.15. The molecule has 1 unspecified atom stereocenters. The van der Waals surface area contributed by atoms with Gasteiger partial charge in [-0.25, -0.2) is 0 Å². The van der Waals surface area contributed by atoms with Gasteiger partial charge in [0.1, 0.15) is 5.56 Å². The summed E-state index contributed by atoms with van der Waals surface area (Å²) in [5.74, 6) is -1.25. The summed E-state index contributed by atoms with van der Waals surface area (Å²) in [7, 11) is 0. The highest BCUT2D eigenvalue weighted by molar-refractivity contribution is 6.34. The van der Waals surface area contributed by atoms with E-state index in [4.69, 9.17) is 16.7 Å². The van der Waals surface area contributed by atoms with Crippen LogP contribution in [-0.4, -0.2) is 39.9 Å². The van der Waals surface area contributed by atoms with E-state index in [0.717, 1.165) is 12.8 Å². The number of carboxylic acid groups (broad SMARTS) is 1. The molecule has 1 heterocycles. The molecular formula is C15H17ClN2O5. The molecule has 2 rings (SSSR count). The zero-order valence-electron chi connectivity index (χ0n) is 12.4. The smallest absolute Gasteiger partial charge is 0.303 e. The standard InChI is InChI=1S/C15H17ClN2O5/c16-11-4-1-5-12(18(22)23)14(11)15(21)17-8-2-3-10(9-17)6-7-13(19)20/h1,4-5,10H,2-3,6-9H2,(H,19,20). The lowest BCUT2D eigenvalue weighted by molar-refractivity contribution is -0.385. The molecule has 1 aliphatic heterocycles. The van der Waals surface area contributed by atoms with Crippen molar-refractivity contribution >= 4 is 29.2 Å². The maximum Gasteiger partial charge on any atom is 0.303 e. The van der Waals surface area contributed by atoms with E-state index < -0.39 is 16.8 Å². The molecule has 0 aliphatic carbocycles. The van der Waals surface area contributed by atoms with Gasteiger partial charge >= 0.3 is 5.97 Å². The largest absolute Gasteiger partial charge is 0.481 e. The average Bonchev–Trinajstić information content (AvgIpc) is 2.52. The first-order valence-corrected chi connectivity index (χ1v) is 7.72. The number of halogens is 1. The Labute approximate surface area is 138 Å². The van der Waals surface area contributed by atoms with Crippen molar-refractivity contribution in [3.8, 4) is 0 Å². The summed E-state index contributed by atoms with van der Waals surface area (Å²) in [5, 5.41) is 19.9. The summed E-state index contributed by atoms with van der Waals surface area (Å²) in [5.41, 5.74) is -0.409. The minimum absolute atomic E-state index is 0.0526. The highest BCUT2D eigenvalue weighted by Gasteiger charge is 2.30. The summed E-state index contributed by atoms with van der Waals surface area (Å²) in [4.78, 5) is 35.3. The number of piperidine rings is 1. The predicted octanol–water partition coefficient (Wildman–Crippen LogP) is 2.97. The van der Waals surface area contributed by atoms with Gasteiger partial charge in [-0.3, -0.25) is 19.7 Å². The van der Waals surface area contributed by atoms with E-state index in [-0.39, 0.29) is 28.6 Å². The van der Waals surface area contributed by atoms with Gasteiger partial charge in [-0.1, -0.05) is 17.7 Å². The zero-order valence-corrected chi connectivity index (χ0v) is 13.2. The number of carboxylic acids is 1. The van der Waals surface area contributed by atoms with Gasteiger partial charge in [-0.15, -0.1) is 0 Å². The Kier molecular flexibility index (Phi) is 5.54. The highest BCUT2D eigenvalue weighted by Crippen LogP contribution is 2.30. The van der Waals surface area contributed by atoms with Crippen LogP contribution >= 0.6 is 11.6 Å². The average molecular weight is 341 g/mol. The van der Waals surface area contributed by atoms with Crippen molar-refractivity contribution < 1.29 is 19.6 Å². The first kappa shape index (κ1) is 17.2. The summed E-state index contributed by atoms with van der Waals surface area (Å²) >= 11 is 6.00. The van der Waals surface area contributed by atoms with E-state index in [1.807, 2.05) is 0 Å². The number of hydrogen-bond donors (Lipinski definition) is 1. The molecule has 0 saturated carbocycles. The fraction of sp³-hybridized carbons (Fsp3) is 0.467. The van der Waals surface area contributed by atoms with E-state index in [2.05, 4.69) is 0 Å². The monoisotopic (exact) mass is 340 g/mol. The molecule has 1 saturated heterocycles. The molecule has 1 atom stereocenters. The van der Waals surface area contributed by atoms with Gasteiger partial charge < -0.3 is 10.0 Å². The molecule has 0 radical (unpaired) electrons. The fourth-order valence-electron chi connectivity index (χ4n) is 2.85. The molecule has 1 N–H and O–H groups in total. The molecule has 7 nitrogen and oxygen atoms in total. The highest BCUT2D eigenvalue weighted by atomic mass is 35.5. The van der Waals surface area contributed by atoms with Crippen molar-refractivity contribution in [2.45, 2.75) is 25.7 Å². The first-order chi connectivity index (χ1) is 10.9. The van der Waals surface area contributed by atoms with Crippen molar-refractivity contribution in [1.29, 1.82) is 0 Å². The second-order valence-electron chi connectivity index (χ2n) is 5.58. The topological polar surface area (TPSA) is 101 Å². The van der Waals surface area contributed by atoms with Crippen LogP contribution in [0.15, 0.2) is 18.2 Å². The molecule has 1 aromatic rings. The number of nitrogens with zero attached hydrogens (tertiary/aromatic N) is 2. The number of benzene rings is 1. The number of amides is 1. The maximum absolute atomic E-state index is 12.7. The van der Waals surface area contributed by atoms with E-state index in [9.17, 15) is 19.7 Å². The summed E-state index contributed by atoms with van der Waals surface area (Å²) in [6.45, 7) is 0.888. The van der Waals surface area contributed by atoms with Gasteiger partial charge in [0.2, 0.25) is 0 Å². The van der Waals surface area contributed by atoms with Crippen LogP contribution in [0.3, 0.4) is 0 Å². The number of hydrogen-bond acceptors (Lipinski definition) is 4. The van der Waals surface area contributed by atoms with Crippen LogP contribution in [0, 0.1) is 16.0 Å². The lowest BCUT2D eigenvalue weighted by Gasteiger charge is -2.32. The number of nitro groups is 1. The lowest BCUT2D eigenvalue weighted by atomic mass is 9.93. The van der Waals surface area contributed by atoms with Gasteiger partial charge in [0.05, 0.1) is 9.95 Å². The molecule has 0 spiro atoms. The van der Waals surface area contributed by atoms with E-state index in [1.165, 1.54) is 23.1 Å². The predicted molar refractivity (Wildman–Crippen MR) is 83.6 cm³/mol. The number of likely N-dealkylation sites (tertiary alicyclic amines) is 1.